The number of halogens is 1. The maximum Gasteiger partial charge on any atom is 0.239 e. The van der Waals surface area contributed by atoms with E-state index in [9.17, 15) is 4.79 Å². The third kappa shape index (κ3) is 4.50. The molecule has 0 spiro atoms. The van der Waals surface area contributed by atoms with E-state index in [1.807, 2.05) is 30.3 Å². The lowest BCUT2D eigenvalue weighted by atomic mass is 9.93. The summed E-state index contributed by atoms with van der Waals surface area (Å²) in [5, 5.41) is 3.83. The highest BCUT2D eigenvalue weighted by atomic mass is 35.5. The highest BCUT2D eigenvalue weighted by molar-refractivity contribution is 6.30. The van der Waals surface area contributed by atoms with Crippen LogP contribution in [0.5, 0.6) is 0 Å². The summed E-state index contributed by atoms with van der Waals surface area (Å²) in [5.41, 5.74) is 7.55. The van der Waals surface area contributed by atoms with Crippen LogP contribution in [0.1, 0.15) is 24.8 Å². The summed E-state index contributed by atoms with van der Waals surface area (Å²) < 4.78 is 0. The number of rotatable bonds is 6. The van der Waals surface area contributed by atoms with Gasteiger partial charge in [-0.25, -0.2) is 0 Å². The average Bonchev–Trinajstić information content (AvgIpc) is 2.49. The molecule has 0 heterocycles. The van der Waals surface area contributed by atoms with Gasteiger partial charge in [-0.05, 0) is 42.2 Å². The van der Waals surface area contributed by atoms with Crippen LogP contribution in [0.15, 0.2) is 54.6 Å². The number of benzene rings is 2. The number of primary amides is 1. The average molecular weight is 303 g/mol. The van der Waals surface area contributed by atoms with Crippen LogP contribution < -0.4 is 11.1 Å². The maximum atomic E-state index is 11.7. The quantitative estimate of drug-likeness (QED) is 0.852. The molecule has 2 rings (SSSR count). The Morgan fingerprint density at radius 2 is 1.76 bits per heavy atom. The van der Waals surface area contributed by atoms with Crippen molar-refractivity contribution >= 4 is 23.2 Å². The highest BCUT2D eigenvalue weighted by Gasteiger charge is 2.19. The third-order valence-electron chi connectivity index (χ3n) is 3.49. The molecule has 0 saturated carbocycles. The molecule has 2 unspecified atom stereocenters. The summed E-state index contributed by atoms with van der Waals surface area (Å²) >= 11 is 5.86. The molecule has 4 heteroatoms. The second-order valence-corrected chi connectivity index (χ2v) is 5.59. The minimum Gasteiger partial charge on any atom is -0.374 e. The van der Waals surface area contributed by atoms with Crippen LogP contribution in [0.25, 0.3) is 0 Å². The van der Waals surface area contributed by atoms with E-state index in [2.05, 4.69) is 24.4 Å². The van der Waals surface area contributed by atoms with Gasteiger partial charge in [0.05, 0.1) is 0 Å². The lowest BCUT2D eigenvalue weighted by Gasteiger charge is -2.21. The van der Waals surface area contributed by atoms with E-state index in [0.717, 1.165) is 5.69 Å². The molecule has 0 aliphatic rings. The predicted molar refractivity (Wildman–Crippen MR) is 87.5 cm³/mol. The molecule has 0 fully saturated rings. The molecule has 0 aliphatic carbocycles. The van der Waals surface area contributed by atoms with Gasteiger partial charge in [0.25, 0.3) is 0 Å². The zero-order valence-corrected chi connectivity index (χ0v) is 12.7. The van der Waals surface area contributed by atoms with E-state index in [-0.39, 0.29) is 11.8 Å². The van der Waals surface area contributed by atoms with Gasteiger partial charge in [-0.15, -0.1) is 0 Å². The normalized spacial score (nSPS) is 13.4. The Kier molecular flexibility index (Phi) is 5.23. The first-order chi connectivity index (χ1) is 10.1. The number of carbonyl (C=O) groups excluding carboxylic acids is 1. The van der Waals surface area contributed by atoms with E-state index < -0.39 is 6.04 Å². The first-order valence-electron chi connectivity index (χ1n) is 6.92. The second kappa shape index (κ2) is 7.14. The van der Waals surface area contributed by atoms with Gasteiger partial charge in [0, 0.05) is 10.7 Å². The summed E-state index contributed by atoms with van der Waals surface area (Å²) in [6.07, 6.45) is 0.641. The Bertz CT molecular complexity index is 583. The van der Waals surface area contributed by atoms with Crippen molar-refractivity contribution in [1.29, 1.82) is 0 Å². The molecule has 2 aromatic rings. The molecular weight excluding hydrogens is 284 g/mol. The Balaban J connectivity index is 2.05. The van der Waals surface area contributed by atoms with Crippen LogP contribution in [0, 0.1) is 0 Å². The summed E-state index contributed by atoms with van der Waals surface area (Å²) in [4.78, 5) is 11.7. The molecule has 0 radical (unpaired) electrons. The molecule has 3 N–H and O–H groups in total. The zero-order valence-electron chi connectivity index (χ0n) is 11.9. The molecule has 0 bridgehead atoms. The molecule has 2 aromatic carbocycles. The van der Waals surface area contributed by atoms with Crippen molar-refractivity contribution < 1.29 is 4.79 Å². The van der Waals surface area contributed by atoms with Crippen LogP contribution in [0.3, 0.4) is 0 Å². The molecular formula is C17H19ClN2O. The number of hydrogen-bond donors (Lipinski definition) is 2. The molecule has 0 saturated heterocycles. The lowest BCUT2D eigenvalue weighted by molar-refractivity contribution is -0.118. The second-order valence-electron chi connectivity index (χ2n) is 5.15. The van der Waals surface area contributed by atoms with E-state index in [0.29, 0.717) is 11.4 Å². The third-order valence-corrected chi connectivity index (χ3v) is 3.74. The van der Waals surface area contributed by atoms with Crippen molar-refractivity contribution in [2.24, 2.45) is 5.73 Å². The number of hydrogen-bond acceptors (Lipinski definition) is 2. The molecule has 3 nitrogen and oxygen atoms in total. The SMILES string of the molecule is CC(CC(Nc1ccc(Cl)cc1)C(N)=O)c1ccccc1. The fourth-order valence-electron chi connectivity index (χ4n) is 2.26. The molecule has 1 amide bonds. The van der Waals surface area contributed by atoms with Crippen LogP contribution >= 0.6 is 11.6 Å². The monoisotopic (exact) mass is 302 g/mol. The molecule has 21 heavy (non-hydrogen) atoms. The van der Waals surface area contributed by atoms with E-state index >= 15 is 0 Å². The minimum atomic E-state index is -0.415. The molecule has 2 atom stereocenters. The standard InChI is InChI=1S/C17H19ClN2O/c1-12(13-5-3-2-4-6-13)11-16(17(19)21)20-15-9-7-14(18)8-10-15/h2-10,12,16,20H,11H2,1H3,(H2,19,21). The van der Waals surface area contributed by atoms with E-state index in [4.69, 9.17) is 17.3 Å². The van der Waals surface area contributed by atoms with Gasteiger partial charge in [-0.1, -0.05) is 48.9 Å². The summed E-state index contributed by atoms with van der Waals surface area (Å²) in [6, 6.07) is 16.9. The van der Waals surface area contributed by atoms with Gasteiger partial charge >= 0.3 is 0 Å². The van der Waals surface area contributed by atoms with Gasteiger partial charge in [0.2, 0.25) is 5.91 Å². The number of anilines is 1. The zero-order chi connectivity index (χ0) is 15.2. The Morgan fingerprint density at radius 1 is 1.14 bits per heavy atom. The maximum absolute atomic E-state index is 11.7. The topological polar surface area (TPSA) is 55.1 Å². The number of nitrogens with one attached hydrogen (secondary N) is 1. The van der Waals surface area contributed by atoms with Crippen LogP contribution in [-0.4, -0.2) is 11.9 Å². The van der Waals surface area contributed by atoms with Crippen LogP contribution in [0.4, 0.5) is 5.69 Å². The molecule has 110 valence electrons. The Morgan fingerprint density at radius 3 is 2.33 bits per heavy atom. The summed E-state index contributed by atoms with van der Waals surface area (Å²) in [7, 11) is 0. The van der Waals surface area contributed by atoms with E-state index in [1.54, 1.807) is 12.1 Å². The van der Waals surface area contributed by atoms with Gasteiger partial charge in [0.15, 0.2) is 0 Å². The van der Waals surface area contributed by atoms with Crippen molar-refractivity contribution in [3.63, 3.8) is 0 Å². The Labute approximate surface area is 130 Å². The van der Waals surface area contributed by atoms with Crippen molar-refractivity contribution in [3.05, 3.63) is 65.2 Å². The first kappa shape index (κ1) is 15.4. The van der Waals surface area contributed by atoms with Gasteiger partial charge in [-0.2, -0.15) is 0 Å². The highest BCUT2D eigenvalue weighted by Crippen LogP contribution is 2.22. The number of nitrogens with two attached hydrogens (primary N) is 1. The summed E-state index contributed by atoms with van der Waals surface area (Å²) in [6.45, 7) is 2.09. The van der Waals surface area contributed by atoms with Crippen LogP contribution in [-0.2, 0) is 4.79 Å². The largest absolute Gasteiger partial charge is 0.374 e. The fraction of sp³-hybridized carbons (Fsp3) is 0.235. The number of carbonyl (C=O) groups is 1. The van der Waals surface area contributed by atoms with Crippen molar-refractivity contribution in [1.82, 2.24) is 0 Å². The molecule has 0 aliphatic heterocycles. The van der Waals surface area contributed by atoms with Gasteiger partial charge in [0.1, 0.15) is 6.04 Å². The first-order valence-corrected chi connectivity index (χ1v) is 7.30. The Hall–Kier alpha value is -2.00. The number of amides is 1. The van der Waals surface area contributed by atoms with Crippen LogP contribution in [0.2, 0.25) is 5.02 Å². The smallest absolute Gasteiger partial charge is 0.239 e. The molecule has 0 aromatic heterocycles. The van der Waals surface area contributed by atoms with Gasteiger partial charge in [-0.3, -0.25) is 4.79 Å². The van der Waals surface area contributed by atoms with Crippen molar-refractivity contribution in [3.8, 4) is 0 Å². The van der Waals surface area contributed by atoms with Crippen molar-refractivity contribution in [2.75, 3.05) is 5.32 Å². The minimum absolute atomic E-state index is 0.239. The summed E-state index contributed by atoms with van der Waals surface area (Å²) in [5.74, 6) is -0.115. The lowest BCUT2D eigenvalue weighted by Crippen LogP contribution is -2.36. The predicted octanol–water partition coefficient (Wildman–Crippen LogP) is 3.80. The fourth-order valence-corrected chi connectivity index (χ4v) is 2.39. The van der Waals surface area contributed by atoms with Gasteiger partial charge < -0.3 is 11.1 Å². The van der Waals surface area contributed by atoms with E-state index in [1.165, 1.54) is 5.56 Å². The van der Waals surface area contributed by atoms with Crippen molar-refractivity contribution in [2.45, 2.75) is 25.3 Å².